The molecule has 0 saturated carbocycles. The van der Waals surface area contributed by atoms with E-state index in [0.29, 0.717) is 25.9 Å². The molecular weight excluding hydrogens is 532 g/mol. The van der Waals surface area contributed by atoms with Gasteiger partial charge in [-0.15, -0.1) is 0 Å². The molecule has 4 amide bonds. The first kappa shape index (κ1) is 36.3. The van der Waals surface area contributed by atoms with Gasteiger partial charge >= 0.3 is 35.9 Å². The van der Waals surface area contributed by atoms with E-state index in [9.17, 15) is 28.8 Å². The quantitative estimate of drug-likeness (QED) is 0.100. The third-order valence-corrected chi connectivity index (χ3v) is 5.65. The summed E-state index contributed by atoms with van der Waals surface area (Å²) in [5.74, 6) is -2.85. The van der Waals surface area contributed by atoms with Crippen molar-refractivity contribution in [3.8, 4) is 0 Å². The minimum absolute atomic E-state index is 0.310. The summed E-state index contributed by atoms with van der Waals surface area (Å²) >= 11 is 0. The number of amides is 4. The van der Waals surface area contributed by atoms with Crippen LogP contribution in [-0.4, -0.2) is 138 Å². The Morgan fingerprint density at radius 1 is 0.550 bits per heavy atom. The van der Waals surface area contributed by atoms with Crippen molar-refractivity contribution >= 4 is 35.9 Å². The maximum Gasteiger partial charge on any atom is 0.332 e. The molecule has 0 bridgehead atoms. The van der Waals surface area contributed by atoms with E-state index in [1.807, 2.05) is 0 Å². The van der Waals surface area contributed by atoms with Crippen LogP contribution in [0.3, 0.4) is 0 Å². The number of hydrogen-bond donors (Lipinski definition) is 2. The van der Waals surface area contributed by atoms with Crippen LogP contribution in [0, 0.1) is 0 Å². The molecule has 0 radical (unpaired) electrons. The van der Waals surface area contributed by atoms with E-state index < -0.39 is 48.0 Å². The third-order valence-electron chi connectivity index (χ3n) is 5.65. The summed E-state index contributed by atoms with van der Waals surface area (Å²) in [6.45, 7) is 0.620. The number of esters is 4. The number of nitrogens with one attached hydrogen (secondary N) is 2. The lowest BCUT2D eigenvalue weighted by Crippen LogP contribution is -2.56. The Kier molecular flexibility index (Phi) is 17.6. The van der Waals surface area contributed by atoms with Gasteiger partial charge < -0.3 is 29.6 Å². The van der Waals surface area contributed by atoms with Crippen LogP contribution in [0.25, 0.3) is 0 Å². The molecule has 0 aliphatic heterocycles. The number of nitrogens with zero attached hydrogens (tertiary/aromatic N) is 4. The zero-order chi connectivity index (χ0) is 30.8. The second-order valence-corrected chi connectivity index (χ2v) is 8.90. The first-order valence-electron chi connectivity index (χ1n) is 12.6. The molecule has 0 aromatic heterocycles. The largest absolute Gasteiger partial charge is 0.469 e. The van der Waals surface area contributed by atoms with Gasteiger partial charge in [0.05, 0.1) is 41.3 Å². The van der Waals surface area contributed by atoms with Gasteiger partial charge in [0.2, 0.25) is 0 Å². The van der Waals surface area contributed by atoms with Crippen LogP contribution in [0.4, 0.5) is 9.59 Å². The number of urea groups is 2. The molecule has 0 fully saturated rings. The lowest BCUT2D eigenvalue weighted by Gasteiger charge is -2.34. The molecule has 0 aliphatic carbocycles. The second-order valence-electron chi connectivity index (χ2n) is 8.90. The van der Waals surface area contributed by atoms with E-state index in [4.69, 9.17) is 9.47 Å². The van der Waals surface area contributed by atoms with Crippen LogP contribution in [0.15, 0.2) is 0 Å². The number of rotatable bonds is 17. The molecule has 0 aliphatic rings. The summed E-state index contributed by atoms with van der Waals surface area (Å²) in [5.41, 5.74) is 0. The van der Waals surface area contributed by atoms with Gasteiger partial charge in [-0.05, 0) is 12.8 Å². The Morgan fingerprint density at radius 3 is 1.12 bits per heavy atom. The molecule has 0 spiro atoms. The van der Waals surface area contributed by atoms with Crippen LogP contribution < -0.4 is 10.6 Å². The zero-order valence-corrected chi connectivity index (χ0v) is 24.7. The van der Waals surface area contributed by atoms with Crippen LogP contribution in [0.2, 0.25) is 0 Å². The average molecular weight is 577 g/mol. The predicted octanol–water partition coefficient (Wildman–Crippen LogP) is -0.267. The minimum atomic E-state index is -1.19. The summed E-state index contributed by atoms with van der Waals surface area (Å²) in [6.07, 6.45) is 1.96. The van der Waals surface area contributed by atoms with E-state index in [1.54, 1.807) is 28.2 Å². The summed E-state index contributed by atoms with van der Waals surface area (Å²) in [4.78, 5) is 73.4. The maximum atomic E-state index is 12.8. The lowest BCUT2D eigenvalue weighted by atomic mass is 10.2. The number of methoxy groups -OCH3 is 4. The zero-order valence-electron chi connectivity index (χ0n) is 24.7. The molecule has 2 unspecified atom stereocenters. The Labute approximate surface area is 235 Å². The normalized spacial score (nSPS) is 12.2. The van der Waals surface area contributed by atoms with E-state index in [0.717, 1.165) is 22.9 Å². The number of carbonyl (C=O) groups excluding carboxylic acids is 6. The lowest BCUT2D eigenvalue weighted by molar-refractivity contribution is -0.157. The average Bonchev–Trinajstić information content (AvgIpc) is 2.91. The van der Waals surface area contributed by atoms with E-state index in [1.165, 1.54) is 38.5 Å². The highest BCUT2D eigenvalue weighted by atomic mass is 16.5. The molecule has 40 heavy (non-hydrogen) atoms. The van der Waals surface area contributed by atoms with Gasteiger partial charge in [0, 0.05) is 41.3 Å². The Morgan fingerprint density at radius 2 is 0.875 bits per heavy atom. The summed E-state index contributed by atoms with van der Waals surface area (Å²) in [5, 5.41) is 10.4. The fraction of sp³-hybridized carbons (Fsp3) is 0.750. The first-order valence-corrected chi connectivity index (χ1v) is 12.6. The van der Waals surface area contributed by atoms with Crippen molar-refractivity contribution in [2.45, 2.75) is 50.6 Å². The molecule has 0 aromatic carbocycles. The molecule has 0 saturated heterocycles. The van der Waals surface area contributed by atoms with Crippen LogP contribution in [-0.2, 0) is 38.1 Å². The fourth-order valence-corrected chi connectivity index (χ4v) is 3.65. The third kappa shape index (κ3) is 12.5. The fourth-order valence-electron chi connectivity index (χ4n) is 3.65. The van der Waals surface area contributed by atoms with Crippen molar-refractivity contribution in [1.29, 1.82) is 0 Å². The van der Waals surface area contributed by atoms with Crippen molar-refractivity contribution in [3.63, 3.8) is 0 Å². The van der Waals surface area contributed by atoms with Crippen molar-refractivity contribution < 1.29 is 47.7 Å². The van der Waals surface area contributed by atoms with Crippen LogP contribution in [0.1, 0.15) is 38.5 Å². The molecule has 230 valence electrons. The van der Waals surface area contributed by atoms with E-state index in [2.05, 4.69) is 20.1 Å². The van der Waals surface area contributed by atoms with Gasteiger partial charge in [-0.3, -0.25) is 9.59 Å². The van der Waals surface area contributed by atoms with Gasteiger partial charge in [-0.2, -0.15) is 0 Å². The summed E-state index contributed by atoms with van der Waals surface area (Å²) in [6, 6.07) is -3.53. The van der Waals surface area contributed by atoms with Gasteiger partial charge in [0.15, 0.2) is 12.1 Å². The first-order chi connectivity index (χ1) is 18.9. The Balaban J connectivity index is 4.75. The molecule has 0 rings (SSSR count). The highest BCUT2D eigenvalue weighted by Crippen LogP contribution is 2.12. The smallest absolute Gasteiger partial charge is 0.332 e. The molecule has 16 nitrogen and oxygen atoms in total. The SMILES string of the molecule is COC(=O)CC(C(=O)OC)N(C(=O)NCCCCCCNC(=O)N(C(CC(=O)OC)C(=O)OC)N(C)C)N(C)C. The number of hydrazine groups is 2. The van der Waals surface area contributed by atoms with Crippen molar-refractivity contribution in [1.82, 2.24) is 30.7 Å². The highest BCUT2D eigenvalue weighted by molar-refractivity contribution is 5.88. The van der Waals surface area contributed by atoms with Crippen molar-refractivity contribution in [2.24, 2.45) is 0 Å². The van der Waals surface area contributed by atoms with Gasteiger partial charge in [-0.25, -0.2) is 39.2 Å². The van der Waals surface area contributed by atoms with E-state index in [-0.39, 0.29) is 12.8 Å². The maximum absolute atomic E-state index is 12.8. The molecule has 0 heterocycles. The highest BCUT2D eigenvalue weighted by Gasteiger charge is 2.36. The predicted molar refractivity (Wildman–Crippen MR) is 141 cm³/mol. The van der Waals surface area contributed by atoms with E-state index >= 15 is 0 Å². The number of ether oxygens (including phenoxy) is 4. The molecular formula is C24H44N6O10. The molecule has 0 aromatic rings. The number of unbranched alkanes of at least 4 members (excludes halogenated alkanes) is 3. The standard InChI is InChI=1S/C24H44N6O10/c1-27(2)29(17(21(33)39-7)15-19(31)37-5)23(35)25-13-11-9-10-12-14-26-24(36)30(28(3)4)18(22(34)40-8)16-20(32)38-6/h17-18H,9-16H2,1-8H3,(H,25,35)(H,26,36). The van der Waals surface area contributed by atoms with Gasteiger partial charge in [0.25, 0.3) is 0 Å². The number of hydrogen-bond acceptors (Lipinski definition) is 12. The minimum Gasteiger partial charge on any atom is -0.469 e. The molecule has 2 atom stereocenters. The Hall–Kier alpha value is -3.66. The second kappa shape index (κ2) is 19.4. The van der Waals surface area contributed by atoms with Crippen molar-refractivity contribution in [2.75, 3.05) is 69.7 Å². The summed E-state index contributed by atoms with van der Waals surface area (Å²) in [7, 11) is 10.9. The van der Waals surface area contributed by atoms with Crippen LogP contribution >= 0.6 is 0 Å². The van der Waals surface area contributed by atoms with Gasteiger partial charge in [0.1, 0.15) is 0 Å². The molecule has 16 heteroatoms. The number of carbonyl (C=O) groups is 6. The van der Waals surface area contributed by atoms with Gasteiger partial charge in [-0.1, -0.05) is 12.8 Å². The monoisotopic (exact) mass is 576 g/mol. The summed E-state index contributed by atoms with van der Waals surface area (Å²) < 4.78 is 18.7. The Bertz CT molecular complexity index is 786. The van der Waals surface area contributed by atoms with Crippen molar-refractivity contribution in [3.05, 3.63) is 0 Å². The molecule has 2 N–H and O–H groups in total. The van der Waals surface area contributed by atoms with Crippen LogP contribution in [0.5, 0.6) is 0 Å². The topological polar surface area (TPSA) is 176 Å².